The van der Waals surface area contributed by atoms with Crippen molar-refractivity contribution in [3.63, 3.8) is 0 Å². The first kappa shape index (κ1) is 20.2. The van der Waals surface area contributed by atoms with Gasteiger partial charge in [-0.15, -0.1) is 0 Å². The number of rotatable bonds is 6. The first-order chi connectivity index (χ1) is 13.0. The Morgan fingerprint density at radius 3 is 2.93 bits per heavy atom. The molecule has 11 nitrogen and oxygen atoms in total. The van der Waals surface area contributed by atoms with Crippen molar-refractivity contribution >= 4 is 24.3 Å². The van der Waals surface area contributed by atoms with E-state index < -0.39 is 11.9 Å². The zero-order valence-electron chi connectivity index (χ0n) is 15.6. The fourth-order valence-electron chi connectivity index (χ4n) is 2.68. The highest BCUT2D eigenvalue weighted by Crippen LogP contribution is 2.30. The molecule has 0 aromatic carbocycles. The molecule has 0 saturated carbocycles. The summed E-state index contributed by atoms with van der Waals surface area (Å²) < 4.78 is 6.47. The minimum atomic E-state index is -0.530. The zero-order valence-corrected chi connectivity index (χ0v) is 15.6. The molecule has 2 bridgehead atoms. The number of ether oxygens (including phenoxy) is 1. The van der Waals surface area contributed by atoms with Crippen molar-refractivity contribution < 1.29 is 25.4 Å². The Morgan fingerprint density at radius 2 is 2.22 bits per heavy atom. The Kier molecular flexibility index (Phi) is 7.15. The molecule has 1 saturated heterocycles. The van der Waals surface area contributed by atoms with Crippen molar-refractivity contribution in [2.75, 3.05) is 20.2 Å². The molecule has 2 aliphatic rings. The predicted octanol–water partition coefficient (Wildman–Crippen LogP) is 0.282. The lowest BCUT2D eigenvalue weighted by Crippen LogP contribution is -2.28. The largest absolute Gasteiger partial charge is 0.466 e. The highest BCUT2D eigenvalue weighted by molar-refractivity contribution is 5.78. The number of hydrogen-bond donors (Lipinski definition) is 2. The molecular formula is C16H26N6O5. The summed E-state index contributed by atoms with van der Waals surface area (Å²) in [5, 5.41) is 7.10. The first-order valence-corrected chi connectivity index (χ1v) is 8.53. The molecule has 150 valence electrons. The summed E-state index contributed by atoms with van der Waals surface area (Å²) in [4.78, 5) is 42.8. The summed E-state index contributed by atoms with van der Waals surface area (Å²) in [5.74, 6) is -0.938. The van der Waals surface area contributed by atoms with Gasteiger partial charge in [0, 0.05) is 27.6 Å². The van der Waals surface area contributed by atoms with Crippen molar-refractivity contribution in [1.29, 1.82) is 0 Å². The smallest absolute Gasteiger partial charge is 0.332 e. The number of nitrogens with zero attached hydrogens (tertiary/aromatic N) is 4. The summed E-state index contributed by atoms with van der Waals surface area (Å²) in [6.45, 7) is 3.50. The fraction of sp³-hybridized carbons (Fsp3) is 0.562. The van der Waals surface area contributed by atoms with Crippen molar-refractivity contribution in [3.8, 4) is 0 Å². The van der Waals surface area contributed by atoms with Crippen LogP contribution in [0.2, 0.25) is 0 Å². The quantitative estimate of drug-likeness (QED) is 0.313. The van der Waals surface area contributed by atoms with Gasteiger partial charge in [0.1, 0.15) is 6.34 Å². The number of carbonyl (C=O) groups excluding carboxylic acids is 3. The summed E-state index contributed by atoms with van der Waals surface area (Å²) in [6, 6.07) is 0.200. The molecule has 11 heteroatoms. The second kappa shape index (κ2) is 9.55. The Hall–Kier alpha value is -3.11. The van der Waals surface area contributed by atoms with Crippen molar-refractivity contribution in [2.24, 2.45) is 12.0 Å². The maximum Gasteiger partial charge on any atom is 0.332 e. The number of aryl methyl sites for hydroxylation is 1. The second-order valence-electron chi connectivity index (χ2n) is 5.84. The van der Waals surface area contributed by atoms with E-state index >= 15 is 0 Å². The van der Waals surface area contributed by atoms with Gasteiger partial charge in [0.05, 0.1) is 43.9 Å². The highest BCUT2D eigenvalue weighted by atomic mass is 16.7. The topological polar surface area (TPSA) is 127 Å². The number of esters is 1. The fourth-order valence-corrected chi connectivity index (χ4v) is 2.68. The number of hydrogen-bond acceptors (Lipinski definition) is 7. The van der Waals surface area contributed by atoms with Gasteiger partial charge in [0.15, 0.2) is 0 Å². The Balaban J connectivity index is 0.000000270. The zero-order chi connectivity index (χ0) is 19.8. The van der Waals surface area contributed by atoms with Crippen LogP contribution in [-0.4, -0.2) is 59.2 Å². The maximum absolute atomic E-state index is 11.3. The van der Waals surface area contributed by atoms with Gasteiger partial charge in [-0.05, 0) is 6.92 Å². The third-order valence-electron chi connectivity index (χ3n) is 3.99. The van der Waals surface area contributed by atoms with Gasteiger partial charge in [-0.25, -0.2) is 15.1 Å². The van der Waals surface area contributed by atoms with E-state index in [9.17, 15) is 14.4 Å². The predicted molar refractivity (Wildman–Crippen MR) is 96.5 cm³/mol. The Morgan fingerprint density at radius 1 is 1.48 bits per heavy atom. The number of amides is 2. The third-order valence-corrected chi connectivity index (χ3v) is 3.99. The lowest BCUT2D eigenvalue weighted by Gasteiger charge is -2.20. The number of aromatic nitrogens is 2. The molecular weight excluding hydrogens is 356 g/mol. The van der Waals surface area contributed by atoms with E-state index in [2.05, 4.69) is 30.5 Å². The average molecular weight is 382 g/mol. The first-order valence-electron chi connectivity index (χ1n) is 8.53. The van der Waals surface area contributed by atoms with Gasteiger partial charge in [-0.2, -0.15) is 5.10 Å². The van der Waals surface area contributed by atoms with Gasteiger partial charge < -0.3 is 19.8 Å². The molecule has 2 amide bonds. The number of nitrogens with one attached hydrogen (secondary N) is 2. The number of urea groups is 1. The van der Waals surface area contributed by atoms with Crippen LogP contribution in [0.4, 0.5) is 4.79 Å². The van der Waals surface area contributed by atoms with Crippen LogP contribution < -0.4 is 10.8 Å². The van der Waals surface area contributed by atoms with Crippen LogP contribution in [0, 0.1) is 0 Å². The summed E-state index contributed by atoms with van der Waals surface area (Å²) in [5.41, 5.74) is 4.52. The van der Waals surface area contributed by atoms with E-state index in [0.29, 0.717) is 13.2 Å². The van der Waals surface area contributed by atoms with Crippen LogP contribution in [0.15, 0.2) is 11.2 Å². The molecule has 0 radical (unpaired) electrons. The van der Waals surface area contributed by atoms with Gasteiger partial charge in [0.25, 0.3) is 0 Å². The van der Waals surface area contributed by atoms with Crippen molar-refractivity contribution in [2.45, 2.75) is 32.4 Å². The van der Waals surface area contributed by atoms with E-state index in [4.69, 9.17) is 0 Å². The third kappa shape index (κ3) is 5.43. The van der Waals surface area contributed by atoms with Crippen LogP contribution >= 0.6 is 0 Å². The molecule has 0 aliphatic carbocycles. The summed E-state index contributed by atoms with van der Waals surface area (Å²) in [7, 11) is 3.44. The van der Waals surface area contributed by atoms with Crippen molar-refractivity contribution in [1.82, 2.24) is 25.5 Å². The Bertz CT molecular complexity index is 722. The monoisotopic (exact) mass is 382 g/mol. The molecule has 3 heterocycles. The normalized spacial score (nSPS) is 16.9. The molecule has 0 spiro atoms. The molecule has 1 fully saturated rings. The van der Waals surface area contributed by atoms with Crippen LogP contribution in [0.3, 0.4) is 0 Å². The standard InChI is InChI=1S/C8H10N4O.C8H14N2O4.H2/c1-11-7-4-12-3-6(10-8(12)13)5(7)2-9-11;1-3-13-7(11)4-5-8(12)14-10-6-9-2;/h2,6H,3-4H2,1H3,(H,10,13);6H,3-5H2,1-2H3,(H,9,10);1H/t6-;;/m0../s1. The van der Waals surface area contributed by atoms with Gasteiger partial charge >= 0.3 is 18.0 Å². The van der Waals surface area contributed by atoms with E-state index in [1.165, 1.54) is 18.9 Å². The van der Waals surface area contributed by atoms with Crippen LogP contribution in [0.25, 0.3) is 0 Å². The van der Waals surface area contributed by atoms with E-state index in [-0.39, 0.29) is 26.3 Å². The molecule has 3 rings (SSSR count). The molecule has 1 aromatic heterocycles. The molecule has 0 unspecified atom stereocenters. The van der Waals surface area contributed by atoms with E-state index in [1.807, 2.05) is 22.8 Å². The van der Waals surface area contributed by atoms with Gasteiger partial charge in [0.2, 0.25) is 0 Å². The van der Waals surface area contributed by atoms with Crippen LogP contribution in [-0.2, 0) is 32.8 Å². The molecule has 1 atom stereocenters. The lowest BCUT2D eigenvalue weighted by molar-refractivity contribution is -0.152. The summed E-state index contributed by atoms with van der Waals surface area (Å²) in [6.07, 6.45) is 3.09. The minimum absolute atomic E-state index is 0. The van der Waals surface area contributed by atoms with Crippen LogP contribution in [0.5, 0.6) is 0 Å². The molecule has 1 aromatic rings. The van der Waals surface area contributed by atoms with Gasteiger partial charge in [-0.1, -0.05) is 0 Å². The van der Waals surface area contributed by atoms with E-state index in [0.717, 1.165) is 12.2 Å². The summed E-state index contributed by atoms with van der Waals surface area (Å²) >= 11 is 0. The van der Waals surface area contributed by atoms with Crippen molar-refractivity contribution in [3.05, 3.63) is 17.5 Å². The maximum atomic E-state index is 11.3. The molecule has 2 N–H and O–H groups in total. The van der Waals surface area contributed by atoms with E-state index in [1.54, 1.807) is 6.92 Å². The number of carbonyl (C=O) groups is 3. The number of hydroxylamine groups is 1. The minimum Gasteiger partial charge on any atom is -0.466 e. The number of fused-ring (bicyclic) bond motifs is 4. The lowest BCUT2D eigenvalue weighted by atomic mass is 10.1. The molecule has 2 aliphatic heterocycles. The second-order valence-corrected chi connectivity index (χ2v) is 5.84. The average Bonchev–Trinajstić information content (AvgIpc) is 3.16. The molecule has 27 heavy (non-hydrogen) atoms. The van der Waals surface area contributed by atoms with Gasteiger partial charge in [-0.3, -0.25) is 14.5 Å². The highest BCUT2D eigenvalue weighted by Gasteiger charge is 2.37. The Labute approximate surface area is 158 Å². The SMILES string of the molecule is CCOC(=O)CCC(=O)ONC=NC.Cn1ncc2c1CN1C[C@@H]2NC1=O.[HH]. The van der Waals surface area contributed by atoms with Crippen LogP contribution in [0.1, 0.15) is 38.5 Å². The number of aliphatic imine (C=N–C) groups is 1.